The van der Waals surface area contributed by atoms with Crippen LogP contribution in [0, 0.1) is 6.92 Å². The van der Waals surface area contributed by atoms with Gasteiger partial charge < -0.3 is 4.42 Å². The fraction of sp³-hybridized carbons (Fsp3) is 0.389. The molecule has 2 aromatic rings. The van der Waals surface area contributed by atoms with Crippen molar-refractivity contribution in [2.24, 2.45) is 0 Å². The van der Waals surface area contributed by atoms with E-state index in [-0.39, 0.29) is 17.5 Å². The van der Waals surface area contributed by atoms with Crippen LogP contribution in [0.1, 0.15) is 17.9 Å². The van der Waals surface area contributed by atoms with E-state index < -0.39 is 9.84 Å². The molecule has 0 aliphatic carbocycles. The molecular formula is C18H21ClN2O3S. The van der Waals surface area contributed by atoms with Crippen molar-refractivity contribution in [1.29, 1.82) is 0 Å². The van der Waals surface area contributed by atoms with E-state index in [1.807, 2.05) is 25.1 Å². The molecule has 2 heterocycles. The highest BCUT2D eigenvalue weighted by molar-refractivity contribution is 7.91. The molecule has 0 amide bonds. The third-order valence-corrected chi connectivity index (χ3v) is 6.39. The third kappa shape index (κ3) is 4.32. The van der Waals surface area contributed by atoms with Crippen molar-refractivity contribution in [3.05, 3.63) is 53.4 Å². The number of sulfone groups is 1. The Hall–Kier alpha value is -1.63. The zero-order valence-electron chi connectivity index (χ0n) is 14.1. The van der Waals surface area contributed by atoms with Gasteiger partial charge in [-0.05, 0) is 31.5 Å². The van der Waals surface area contributed by atoms with Gasteiger partial charge in [0.1, 0.15) is 5.76 Å². The molecule has 0 radical (unpaired) electrons. The van der Waals surface area contributed by atoms with Crippen LogP contribution in [0.3, 0.4) is 0 Å². The van der Waals surface area contributed by atoms with Gasteiger partial charge in [-0.25, -0.2) is 13.4 Å². The van der Waals surface area contributed by atoms with Crippen molar-refractivity contribution >= 4 is 21.4 Å². The second-order valence-corrected chi connectivity index (χ2v) is 8.97. The van der Waals surface area contributed by atoms with Gasteiger partial charge in [0.25, 0.3) is 0 Å². The number of aromatic nitrogens is 1. The highest BCUT2D eigenvalue weighted by atomic mass is 35.5. The average molecular weight is 381 g/mol. The van der Waals surface area contributed by atoms with Gasteiger partial charge in [0.05, 0.1) is 17.2 Å². The molecule has 1 atom stereocenters. The topological polar surface area (TPSA) is 63.4 Å². The number of rotatable bonds is 6. The second kappa shape index (κ2) is 7.32. The summed E-state index contributed by atoms with van der Waals surface area (Å²) >= 11 is 6.03. The molecule has 0 unspecified atom stereocenters. The first-order valence-electron chi connectivity index (χ1n) is 8.15. The van der Waals surface area contributed by atoms with E-state index in [0.717, 1.165) is 17.0 Å². The molecular weight excluding hydrogens is 360 g/mol. The summed E-state index contributed by atoms with van der Waals surface area (Å²) in [6, 6.07) is 7.35. The Morgan fingerprint density at radius 2 is 2.28 bits per heavy atom. The lowest BCUT2D eigenvalue weighted by Gasteiger charge is -2.25. The predicted octanol–water partition coefficient (Wildman–Crippen LogP) is 3.48. The Morgan fingerprint density at radius 3 is 2.92 bits per heavy atom. The highest BCUT2D eigenvalue weighted by Crippen LogP contribution is 2.26. The molecule has 0 bridgehead atoms. The molecule has 7 heteroatoms. The summed E-state index contributed by atoms with van der Waals surface area (Å²) in [5.74, 6) is 1.69. The molecule has 3 rings (SSSR count). The smallest absolute Gasteiger partial charge is 0.226 e. The van der Waals surface area contributed by atoms with Crippen molar-refractivity contribution in [3.63, 3.8) is 0 Å². The quantitative estimate of drug-likeness (QED) is 0.718. The van der Waals surface area contributed by atoms with Crippen LogP contribution in [0.25, 0.3) is 11.5 Å². The molecule has 1 aromatic heterocycles. The molecule has 1 fully saturated rings. The zero-order chi connectivity index (χ0) is 18.0. The molecule has 1 saturated heterocycles. The van der Waals surface area contributed by atoms with Gasteiger partial charge in [-0.3, -0.25) is 4.90 Å². The highest BCUT2D eigenvalue weighted by Gasteiger charge is 2.32. The van der Waals surface area contributed by atoms with Crippen molar-refractivity contribution < 1.29 is 12.8 Å². The maximum Gasteiger partial charge on any atom is 0.226 e. The summed E-state index contributed by atoms with van der Waals surface area (Å²) in [5, 5.41) is 0.624. The molecule has 25 heavy (non-hydrogen) atoms. The lowest BCUT2D eigenvalue weighted by molar-refractivity contribution is 0.223. The minimum absolute atomic E-state index is 0.00582. The van der Waals surface area contributed by atoms with Crippen LogP contribution in [-0.2, 0) is 16.4 Å². The summed E-state index contributed by atoms with van der Waals surface area (Å²) in [7, 11) is -2.94. The van der Waals surface area contributed by atoms with E-state index in [1.54, 1.807) is 12.1 Å². The Morgan fingerprint density at radius 1 is 1.48 bits per heavy atom. The van der Waals surface area contributed by atoms with Gasteiger partial charge >= 0.3 is 0 Å². The van der Waals surface area contributed by atoms with Crippen molar-refractivity contribution in [2.45, 2.75) is 25.9 Å². The van der Waals surface area contributed by atoms with Crippen LogP contribution in [0.15, 0.2) is 41.3 Å². The number of benzene rings is 1. The number of oxazole rings is 1. The fourth-order valence-corrected chi connectivity index (χ4v) is 5.04. The SMILES string of the molecule is C=CCN(Cc1nc(-c2cccc(Cl)c2)oc1C)[C@H]1CCS(=O)(=O)C1. The summed E-state index contributed by atoms with van der Waals surface area (Å²) in [6.07, 6.45) is 2.44. The zero-order valence-corrected chi connectivity index (χ0v) is 15.7. The standard InChI is InChI=1S/C18H21ClN2O3S/c1-3-8-21(16-7-9-25(22,23)12-16)11-17-13(2)24-18(20-17)14-5-4-6-15(19)10-14/h3-6,10,16H,1,7-9,11-12H2,2H3/t16-/m0/s1. The summed E-state index contributed by atoms with van der Waals surface area (Å²) < 4.78 is 29.4. The van der Waals surface area contributed by atoms with Crippen LogP contribution in [-0.4, -0.2) is 42.4 Å². The van der Waals surface area contributed by atoms with Gasteiger partial charge in [0.15, 0.2) is 9.84 Å². The van der Waals surface area contributed by atoms with Crippen LogP contribution in [0.2, 0.25) is 5.02 Å². The minimum atomic E-state index is -2.94. The first-order chi connectivity index (χ1) is 11.9. The van der Waals surface area contributed by atoms with Crippen LogP contribution < -0.4 is 0 Å². The first kappa shape index (κ1) is 18.2. The molecule has 134 valence electrons. The third-order valence-electron chi connectivity index (χ3n) is 4.41. The van der Waals surface area contributed by atoms with Crippen LogP contribution in [0.5, 0.6) is 0 Å². The number of halogens is 1. The van der Waals surface area contributed by atoms with Crippen molar-refractivity contribution in [2.75, 3.05) is 18.1 Å². The van der Waals surface area contributed by atoms with Gasteiger partial charge in [-0.1, -0.05) is 23.7 Å². The molecule has 0 N–H and O–H groups in total. The monoisotopic (exact) mass is 380 g/mol. The molecule has 5 nitrogen and oxygen atoms in total. The van der Waals surface area contributed by atoms with Crippen molar-refractivity contribution in [3.8, 4) is 11.5 Å². The van der Waals surface area contributed by atoms with E-state index in [2.05, 4.69) is 16.5 Å². The summed E-state index contributed by atoms with van der Waals surface area (Å²) in [5.41, 5.74) is 1.63. The molecule has 1 aromatic carbocycles. The summed E-state index contributed by atoms with van der Waals surface area (Å²) in [6.45, 7) is 6.79. The van der Waals surface area contributed by atoms with E-state index in [1.165, 1.54) is 0 Å². The number of hydrogen-bond donors (Lipinski definition) is 0. The molecule has 1 aliphatic rings. The van der Waals surface area contributed by atoms with Crippen LogP contribution in [0.4, 0.5) is 0 Å². The molecule has 1 aliphatic heterocycles. The number of nitrogens with zero attached hydrogens (tertiary/aromatic N) is 2. The number of hydrogen-bond acceptors (Lipinski definition) is 5. The van der Waals surface area contributed by atoms with E-state index >= 15 is 0 Å². The maximum absolute atomic E-state index is 11.8. The molecule has 0 saturated carbocycles. The van der Waals surface area contributed by atoms with Crippen molar-refractivity contribution in [1.82, 2.24) is 9.88 Å². The van der Waals surface area contributed by atoms with E-state index in [9.17, 15) is 8.42 Å². The van der Waals surface area contributed by atoms with Gasteiger partial charge in [-0.15, -0.1) is 6.58 Å². The fourth-order valence-electron chi connectivity index (χ4n) is 3.08. The average Bonchev–Trinajstić information content (AvgIpc) is 3.10. The Kier molecular flexibility index (Phi) is 5.32. The Bertz CT molecular complexity index is 876. The lowest BCUT2D eigenvalue weighted by Crippen LogP contribution is -2.36. The maximum atomic E-state index is 11.8. The van der Waals surface area contributed by atoms with Gasteiger partial charge in [-0.2, -0.15) is 0 Å². The lowest BCUT2D eigenvalue weighted by atomic mass is 10.2. The Labute approximate surface area is 153 Å². The predicted molar refractivity (Wildman–Crippen MR) is 99.4 cm³/mol. The van der Waals surface area contributed by atoms with E-state index in [0.29, 0.717) is 30.4 Å². The van der Waals surface area contributed by atoms with E-state index in [4.69, 9.17) is 16.0 Å². The van der Waals surface area contributed by atoms with Gasteiger partial charge in [0.2, 0.25) is 5.89 Å². The minimum Gasteiger partial charge on any atom is -0.441 e. The van der Waals surface area contributed by atoms with Gasteiger partial charge in [0, 0.05) is 29.7 Å². The summed E-state index contributed by atoms with van der Waals surface area (Å²) in [4.78, 5) is 6.70. The van der Waals surface area contributed by atoms with Crippen LogP contribution >= 0.6 is 11.6 Å². The largest absolute Gasteiger partial charge is 0.441 e. The Balaban J connectivity index is 1.82. The molecule has 0 spiro atoms. The number of aryl methyl sites for hydroxylation is 1. The normalized spacial score (nSPS) is 19.4. The first-order valence-corrected chi connectivity index (χ1v) is 10.4. The second-order valence-electron chi connectivity index (χ2n) is 6.31.